The molecule has 0 aromatic carbocycles. The van der Waals surface area contributed by atoms with Gasteiger partial charge in [0.15, 0.2) is 0 Å². The highest BCUT2D eigenvalue weighted by atomic mass is 16.4. The highest BCUT2D eigenvalue weighted by Gasteiger charge is 2.50. The van der Waals surface area contributed by atoms with Crippen LogP contribution < -0.4 is 5.73 Å². The summed E-state index contributed by atoms with van der Waals surface area (Å²) in [7, 11) is 0. The first-order valence-corrected chi connectivity index (χ1v) is 2.28. The first-order valence-electron chi connectivity index (χ1n) is 2.28. The predicted molar refractivity (Wildman–Crippen MR) is 28.3 cm³/mol. The van der Waals surface area contributed by atoms with Gasteiger partial charge in [0.1, 0.15) is 5.54 Å². The fourth-order valence-electron chi connectivity index (χ4n) is 0.519. The van der Waals surface area contributed by atoms with Crippen molar-refractivity contribution in [3.8, 4) is 0 Å². The summed E-state index contributed by atoms with van der Waals surface area (Å²) in [6, 6.07) is 0. The van der Waals surface area contributed by atoms with Crippen LogP contribution in [-0.4, -0.2) is 16.6 Å². The first-order chi connectivity index (χ1) is 3.57. The van der Waals surface area contributed by atoms with Gasteiger partial charge in [0.2, 0.25) is 0 Å². The average Bonchev–Trinajstić information content (AvgIpc) is 2.17. The molecule has 0 saturated heterocycles. The number of carboxylic acids is 1. The van der Waals surface area contributed by atoms with Crippen LogP contribution in [0.15, 0.2) is 12.2 Å². The Morgan fingerprint density at radius 2 is 2.38 bits per heavy atom. The summed E-state index contributed by atoms with van der Waals surface area (Å²) in [4.78, 5) is 10.1. The van der Waals surface area contributed by atoms with E-state index in [1.165, 1.54) is 0 Å². The Bertz CT molecular complexity index is 164. The first kappa shape index (κ1) is 5.31. The number of hydrogen-bond acceptors (Lipinski definition) is 2. The Kier molecular flexibility index (Phi) is 0.739. The highest BCUT2D eigenvalue weighted by Crippen LogP contribution is 2.38. The zero-order valence-electron chi connectivity index (χ0n) is 4.35. The standard InChI is InChI=1S/C5H7NO2/c1-3-2-5(3,6)4(7)8/h1-2,6H2,(H,7,8)/t5-/m0/s1. The van der Waals surface area contributed by atoms with E-state index in [9.17, 15) is 4.79 Å². The Labute approximate surface area is 46.8 Å². The molecule has 0 spiro atoms. The van der Waals surface area contributed by atoms with Gasteiger partial charge in [-0.15, -0.1) is 0 Å². The van der Waals surface area contributed by atoms with Crippen LogP contribution in [0.4, 0.5) is 0 Å². The minimum atomic E-state index is -1.07. The molecule has 3 N–H and O–H groups in total. The van der Waals surface area contributed by atoms with Crippen molar-refractivity contribution in [3.63, 3.8) is 0 Å². The van der Waals surface area contributed by atoms with E-state index in [4.69, 9.17) is 10.8 Å². The van der Waals surface area contributed by atoms with Crippen LogP contribution in [0.1, 0.15) is 6.42 Å². The summed E-state index contributed by atoms with van der Waals surface area (Å²) in [6.07, 6.45) is 0.433. The van der Waals surface area contributed by atoms with Crippen LogP contribution in [0.25, 0.3) is 0 Å². The second-order valence-electron chi connectivity index (χ2n) is 2.06. The molecule has 0 bridgehead atoms. The maximum atomic E-state index is 10.1. The molecule has 0 aliphatic heterocycles. The molecular formula is C5H7NO2. The Morgan fingerprint density at radius 3 is 2.38 bits per heavy atom. The quantitative estimate of drug-likeness (QED) is 0.460. The SMILES string of the molecule is C=C1C[C@@]1(N)C(=O)O. The van der Waals surface area contributed by atoms with E-state index >= 15 is 0 Å². The van der Waals surface area contributed by atoms with Crippen LogP contribution in [0.2, 0.25) is 0 Å². The minimum Gasteiger partial charge on any atom is -0.480 e. The van der Waals surface area contributed by atoms with Gasteiger partial charge in [-0.25, -0.2) is 4.79 Å². The minimum absolute atomic E-state index is 0.433. The van der Waals surface area contributed by atoms with Crippen molar-refractivity contribution < 1.29 is 9.90 Å². The number of hydrogen-bond donors (Lipinski definition) is 2. The average molecular weight is 113 g/mol. The topological polar surface area (TPSA) is 63.3 Å². The van der Waals surface area contributed by atoms with Gasteiger partial charge in [0.25, 0.3) is 0 Å². The Hall–Kier alpha value is -0.830. The number of nitrogens with two attached hydrogens (primary N) is 1. The van der Waals surface area contributed by atoms with Crippen molar-refractivity contribution in [1.29, 1.82) is 0 Å². The summed E-state index contributed by atoms with van der Waals surface area (Å²) >= 11 is 0. The molecule has 1 fully saturated rings. The van der Waals surface area contributed by atoms with Gasteiger partial charge in [0, 0.05) is 6.42 Å². The zero-order valence-corrected chi connectivity index (χ0v) is 4.35. The van der Waals surface area contributed by atoms with E-state index in [1.807, 2.05) is 0 Å². The molecule has 1 rings (SSSR count). The lowest BCUT2D eigenvalue weighted by molar-refractivity contribution is -0.139. The Morgan fingerprint density at radius 1 is 2.00 bits per heavy atom. The van der Waals surface area contributed by atoms with Gasteiger partial charge >= 0.3 is 5.97 Å². The van der Waals surface area contributed by atoms with Gasteiger partial charge in [-0.05, 0) is 5.57 Å². The second kappa shape index (κ2) is 1.11. The third kappa shape index (κ3) is 0.448. The lowest BCUT2D eigenvalue weighted by Gasteiger charge is -1.95. The maximum absolute atomic E-state index is 10.1. The second-order valence-corrected chi connectivity index (χ2v) is 2.06. The van der Waals surface area contributed by atoms with Gasteiger partial charge in [-0.2, -0.15) is 0 Å². The molecule has 1 aliphatic carbocycles. The van der Waals surface area contributed by atoms with E-state index < -0.39 is 11.5 Å². The van der Waals surface area contributed by atoms with Crippen molar-refractivity contribution in [3.05, 3.63) is 12.2 Å². The number of rotatable bonds is 1. The predicted octanol–water partition coefficient (Wildman–Crippen LogP) is -0.272. The molecule has 1 saturated carbocycles. The number of carbonyl (C=O) groups is 1. The molecule has 0 aromatic rings. The molecule has 0 aromatic heterocycles. The van der Waals surface area contributed by atoms with E-state index in [0.29, 0.717) is 12.0 Å². The van der Waals surface area contributed by atoms with Crippen molar-refractivity contribution in [2.24, 2.45) is 5.73 Å². The van der Waals surface area contributed by atoms with E-state index in [2.05, 4.69) is 6.58 Å². The number of aliphatic carboxylic acids is 1. The molecular weight excluding hydrogens is 106 g/mol. The molecule has 3 heteroatoms. The largest absolute Gasteiger partial charge is 0.480 e. The Balaban J connectivity index is 2.73. The van der Waals surface area contributed by atoms with E-state index in [-0.39, 0.29) is 0 Å². The normalized spacial score (nSPS) is 34.9. The summed E-state index contributed by atoms with van der Waals surface area (Å²) in [6.45, 7) is 3.44. The fourth-order valence-corrected chi connectivity index (χ4v) is 0.519. The van der Waals surface area contributed by atoms with Gasteiger partial charge < -0.3 is 10.8 Å². The lowest BCUT2D eigenvalue weighted by Crippen LogP contribution is -2.32. The van der Waals surface area contributed by atoms with Crippen molar-refractivity contribution in [2.45, 2.75) is 12.0 Å². The van der Waals surface area contributed by atoms with Crippen LogP contribution in [0, 0.1) is 0 Å². The highest BCUT2D eigenvalue weighted by molar-refractivity contribution is 5.89. The summed E-state index contributed by atoms with van der Waals surface area (Å²) in [5, 5.41) is 8.30. The zero-order chi connectivity index (χ0) is 6.36. The van der Waals surface area contributed by atoms with Crippen LogP contribution >= 0.6 is 0 Å². The van der Waals surface area contributed by atoms with E-state index in [0.717, 1.165) is 0 Å². The molecule has 8 heavy (non-hydrogen) atoms. The summed E-state index contributed by atoms with van der Waals surface area (Å²) in [5.41, 5.74) is 4.78. The molecule has 0 unspecified atom stereocenters. The molecule has 0 radical (unpaired) electrons. The van der Waals surface area contributed by atoms with Gasteiger partial charge in [-0.1, -0.05) is 6.58 Å². The van der Waals surface area contributed by atoms with Crippen LogP contribution in [0.3, 0.4) is 0 Å². The van der Waals surface area contributed by atoms with Gasteiger partial charge in [0.05, 0.1) is 0 Å². The third-order valence-electron chi connectivity index (χ3n) is 1.38. The number of carboxylic acid groups (broad SMARTS) is 1. The summed E-state index contributed by atoms with van der Waals surface area (Å²) in [5.74, 6) is -0.970. The molecule has 1 atom stereocenters. The van der Waals surface area contributed by atoms with Gasteiger partial charge in [-0.3, -0.25) is 0 Å². The monoisotopic (exact) mass is 113 g/mol. The van der Waals surface area contributed by atoms with Crippen LogP contribution in [0.5, 0.6) is 0 Å². The molecule has 0 heterocycles. The molecule has 1 aliphatic rings. The smallest absolute Gasteiger partial charge is 0.328 e. The fraction of sp³-hybridized carbons (Fsp3) is 0.400. The van der Waals surface area contributed by atoms with Crippen molar-refractivity contribution in [1.82, 2.24) is 0 Å². The van der Waals surface area contributed by atoms with E-state index in [1.54, 1.807) is 0 Å². The maximum Gasteiger partial charge on any atom is 0.328 e. The molecule has 3 nitrogen and oxygen atoms in total. The van der Waals surface area contributed by atoms with Crippen molar-refractivity contribution >= 4 is 5.97 Å². The van der Waals surface area contributed by atoms with Crippen LogP contribution in [-0.2, 0) is 4.79 Å². The van der Waals surface area contributed by atoms with Crippen molar-refractivity contribution in [2.75, 3.05) is 0 Å². The molecule has 44 valence electrons. The third-order valence-corrected chi connectivity index (χ3v) is 1.38. The lowest BCUT2D eigenvalue weighted by atomic mass is 10.3. The summed E-state index contributed by atoms with van der Waals surface area (Å²) < 4.78 is 0. The molecule has 0 amide bonds.